The smallest absolute Gasteiger partial charge is 0.341 e. The molecular weight excluding hydrogens is 444 g/mol. The standard InChI is InChI=1S/C24H25ClN4O4/c25-19-9-8-12-21(15-19)29(20-10-4-3-5-11-20)24-26-16-18(17-27-24)23(31)33-14-7-2-1-6-13-22(30)28-32/h3-5,8-12,15-17,32H,1-2,6-7,13-14H2,(H,28,30). The highest BCUT2D eigenvalue weighted by molar-refractivity contribution is 6.30. The van der Waals surface area contributed by atoms with Gasteiger partial charge in [0.25, 0.3) is 0 Å². The molecule has 8 nitrogen and oxygen atoms in total. The zero-order valence-electron chi connectivity index (χ0n) is 18.0. The van der Waals surface area contributed by atoms with Gasteiger partial charge in [-0.15, -0.1) is 0 Å². The van der Waals surface area contributed by atoms with Gasteiger partial charge in [-0.1, -0.05) is 48.7 Å². The first kappa shape index (κ1) is 24.2. The highest BCUT2D eigenvalue weighted by Crippen LogP contribution is 2.32. The molecule has 1 heterocycles. The maximum Gasteiger partial charge on any atom is 0.341 e. The number of carbonyl (C=O) groups is 2. The van der Waals surface area contributed by atoms with Gasteiger partial charge in [-0.05, 0) is 43.2 Å². The Labute approximate surface area is 197 Å². The van der Waals surface area contributed by atoms with Gasteiger partial charge in [0.1, 0.15) is 0 Å². The maximum absolute atomic E-state index is 12.3. The molecule has 0 saturated carbocycles. The molecular formula is C24H25ClN4O4. The summed E-state index contributed by atoms with van der Waals surface area (Å²) in [6.45, 7) is 0.269. The fourth-order valence-corrected chi connectivity index (χ4v) is 3.34. The number of hydrogen-bond acceptors (Lipinski definition) is 7. The number of hydroxylamine groups is 1. The number of amides is 1. The minimum atomic E-state index is -0.491. The van der Waals surface area contributed by atoms with Crippen LogP contribution in [0.3, 0.4) is 0 Å². The Balaban J connectivity index is 1.59. The van der Waals surface area contributed by atoms with Crippen LogP contribution in [0, 0.1) is 0 Å². The molecule has 2 aromatic carbocycles. The number of unbranched alkanes of at least 4 members (excludes halogenated alkanes) is 3. The van der Waals surface area contributed by atoms with E-state index >= 15 is 0 Å². The van der Waals surface area contributed by atoms with Crippen molar-refractivity contribution in [2.45, 2.75) is 32.1 Å². The Morgan fingerprint density at radius 2 is 1.64 bits per heavy atom. The summed E-state index contributed by atoms with van der Waals surface area (Å²) in [5, 5.41) is 9.03. The summed E-state index contributed by atoms with van der Waals surface area (Å²) < 4.78 is 5.29. The molecule has 172 valence electrons. The zero-order valence-corrected chi connectivity index (χ0v) is 18.7. The Morgan fingerprint density at radius 3 is 2.33 bits per heavy atom. The molecule has 0 spiro atoms. The second-order valence-corrected chi connectivity index (χ2v) is 7.69. The molecule has 1 aromatic heterocycles. The molecule has 0 aliphatic rings. The van der Waals surface area contributed by atoms with Gasteiger partial charge in [0, 0.05) is 29.5 Å². The summed E-state index contributed by atoms with van der Waals surface area (Å²) in [6, 6.07) is 17.0. The van der Waals surface area contributed by atoms with Crippen LogP contribution >= 0.6 is 11.6 Å². The third-order valence-corrected chi connectivity index (χ3v) is 5.05. The number of rotatable bonds is 11. The topological polar surface area (TPSA) is 105 Å². The molecule has 33 heavy (non-hydrogen) atoms. The van der Waals surface area contributed by atoms with E-state index in [1.807, 2.05) is 53.4 Å². The van der Waals surface area contributed by atoms with Crippen molar-refractivity contribution < 1.29 is 19.5 Å². The number of ether oxygens (including phenoxy) is 1. The second-order valence-electron chi connectivity index (χ2n) is 7.26. The van der Waals surface area contributed by atoms with Crippen molar-refractivity contribution in [3.05, 3.63) is 77.6 Å². The highest BCUT2D eigenvalue weighted by atomic mass is 35.5. The summed E-state index contributed by atoms with van der Waals surface area (Å²) >= 11 is 6.18. The van der Waals surface area contributed by atoms with Crippen LogP contribution in [0.1, 0.15) is 42.5 Å². The van der Waals surface area contributed by atoms with Gasteiger partial charge >= 0.3 is 5.97 Å². The van der Waals surface area contributed by atoms with Gasteiger partial charge in [0.15, 0.2) is 0 Å². The number of nitrogens with one attached hydrogen (secondary N) is 1. The minimum absolute atomic E-state index is 0.262. The Kier molecular flexibility index (Phi) is 9.17. The molecule has 0 bridgehead atoms. The third-order valence-electron chi connectivity index (χ3n) is 4.81. The minimum Gasteiger partial charge on any atom is -0.462 e. The lowest BCUT2D eigenvalue weighted by Gasteiger charge is -2.23. The van der Waals surface area contributed by atoms with Crippen molar-refractivity contribution in [3.63, 3.8) is 0 Å². The molecule has 1 amide bonds. The van der Waals surface area contributed by atoms with Gasteiger partial charge in [-0.25, -0.2) is 20.2 Å². The molecule has 0 radical (unpaired) electrons. The summed E-state index contributed by atoms with van der Waals surface area (Å²) in [5.41, 5.74) is 3.51. The third kappa shape index (κ3) is 7.27. The van der Waals surface area contributed by atoms with Crippen LogP contribution in [0.25, 0.3) is 0 Å². The van der Waals surface area contributed by atoms with Crippen molar-refractivity contribution in [1.29, 1.82) is 0 Å². The number of halogens is 1. The van der Waals surface area contributed by atoms with Gasteiger partial charge in [0.2, 0.25) is 11.9 Å². The molecule has 0 fully saturated rings. The number of para-hydroxylation sites is 1. The van der Waals surface area contributed by atoms with Crippen molar-refractivity contribution in [2.75, 3.05) is 11.5 Å². The van der Waals surface area contributed by atoms with Crippen molar-refractivity contribution >= 4 is 40.8 Å². The van der Waals surface area contributed by atoms with Gasteiger partial charge in [0.05, 0.1) is 17.9 Å². The summed E-state index contributed by atoms with van der Waals surface area (Å²) in [5.74, 6) is -0.492. The highest BCUT2D eigenvalue weighted by Gasteiger charge is 2.16. The predicted molar refractivity (Wildman–Crippen MR) is 125 cm³/mol. The van der Waals surface area contributed by atoms with Crippen molar-refractivity contribution in [2.24, 2.45) is 0 Å². The summed E-state index contributed by atoms with van der Waals surface area (Å²) in [6.07, 6.45) is 6.13. The van der Waals surface area contributed by atoms with Crippen LogP contribution in [0.15, 0.2) is 67.0 Å². The first-order valence-corrected chi connectivity index (χ1v) is 11.0. The average Bonchev–Trinajstić information content (AvgIpc) is 2.84. The number of anilines is 3. The number of benzene rings is 2. The Morgan fingerprint density at radius 1 is 0.939 bits per heavy atom. The van der Waals surface area contributed by atoms with E-state index in [-0.39, 0.29) is 18.6 Å². The number of esters is 1. The lowest BCUT2D eigenvalue weighted by Crippen LogP contribution is -2.17. The van der Waals surface area contributed by atoms with Crippen molar-refractivity contribution in [1.82, 2.24) is 15.4 Å². The van der Waals surface area contributed by atoms with Crippen molar-refractivity contribution in [3.8, 4) is 0 Å². The largest absolute Gasteiger partial charge is 0.462 e. The number of nitrogens with zero attached hydrogens (tertiary/aromatic N) is 3. The molecule has 0 unspecified atom stereocenters. The first-order chi connectivity index (χ1) is 16.1. The lowest BCUT2D eigenvalue weighted by molar-refractivity contribution is -0.129. The summed E-state index contributed by atoms with van der Waals surface area (Å²) in [7, 11) is 0. The van der Waals surface area contributed by atoms with Crippen LogP contribution in [0.2, 0.25) is 5.02 Å². The van der Waals surface area contributed by atoms with E-state index in [2.05, 4.69) is 9.97 Å². The normalized spacial score (nSPS) is 10.5. The second kappa shape index (κ2) is 12.5. The van der Waals surface area contributed by atoms with Crippen LogP contribution in [-0.4, -0.2) is 33.7 Å². The first-order valence-electron chi connectivity index (χ1n) is 10.6. The SMILES string of the molecule is O=C(CCCCCCOC(=O)c1cnc(N(c2ccccc2)c2cccc(Cl)c2)nc1)NO. The fraction of sp³-hybridized carbons (Fsp3) is 0.250. The number of carbonyl (C=O) groups excluding carboxylic acids is 2. The van der Waals surface area contributed by atoms with Gasteiger partial charge in [-0.2, -0.15) is 0 Å². The molecule has 9 heteroatoms. The molecule has 3 aromatic rings. The van der Waals surface area contributed by atoms with E-state index in [1.165, 1.54) is 12.4 Å². The van der Waals surface area contributed by atoms with Crippen LogP contribution < -0.4 is 10.4 Å². The quantitative estimate of drug-likeness (QED) is 0.172. The van der Waals surface area contributed by atoms with Gasteiger partial charge in [-0.3, -0.25) is 14.9 Å². The van der Waals surface area contributed by atoms with Gasteiger partial charge < -0.3 is 4.74 Å². The number of aromatic nitrogens is 2. The predicted octanol–water partition coefficient (Wildman–Crippen LogP) is 5.21. The summed E-state index contributed by atoms with van der Waals surface area (Å²) in [4.78, 5) is 33.9. The number of hydrogen-bond donors (Lipinski definition) is 2. The Bertz CT molecular complexity index is 1050. The molecule has 2 N–H and O–H groups in total. The van der Waals surface area contributed by atoms with E-state index in [0.29, 0.717) is 23.8 Å². The van der Waals surface area contributed by atoms with E-state index in [4.69, 9.17) is 21.5 Å². The molecule has 0 atom stereocenters. The molecule has 0 aliphatic heterocycles. The van der Waals surface area contributed by atoms with E-state index in [9.17, 15) is 9.59 Å². The molecule has 0 saturated heterocycles. The molecule has 3 rings (SSSR count). The Hall–Kier alpha value is -3.49. The zero-order chi connectivity index (χ0) is 23.5. The molecule has 0 aliphatic carbocycles. The van der Waals surface area contributed by atoms with Crippen LogP contribution in [0.4, 0.5) is 17.3 Å². The van der Waals surface area contributed by atoms with Crippen LogP contribution in [-0.2, 0) is 9.53 Å². The fourth-order valence-electron chi connectivity index (χ4n) is 3.16. The van der Waals surface area contributed by atoms with Crippen LogP contribution in [0.5, 0.6) is 0 Å². The van der Waals surface area contributed by atoms with E-state index < -0.39 is 11.9 Å². The van der Waals surface area contributed by atoms with E-state index in [1.54, 1.807) is 11.5 Å². The maximum atomic E-state index is 12.3. The lowest BCUT2D eigenvalue weighted by atomic mass is 10.1. The average molecular weight is 469 g/mol. The monoisotopic (exact) mass is 468 g/mol. The van der Waals surface area contributed by atoms with E-state index in [0.717, 1.165) is 24.2 Å².